The van der Waals surface area contributed by atoms with Crippen molar-refractivity contribution >= 4 is 76.8 Å². The first-order valence-electron chi connectivity index (χ1n) is 12.6. The molecule has 2 aromatic heterocycles. The fourth-order valence-corrected chi connectivity index (χ4v) is 6.62. The quantitative estimate of drug-likeness (QED) is 0.228. The third-order valence-corrected chi connectivity index (χ3v) is 8.16. The summed E-state index contributed by atoms with van der Waals surface area (Å²) in [5.41, 5.74) is -1.10. The number of thiophene rings is 1. The predicted molar refractivity (Wildman–Crippen MR) is 161 cm³/mol. The third-order valence-electron chi connectivity index (χ3n) is 6.30. The second kappa shape index (κ2) is 11.0. The second-order valence-corrected chi connectivity index (χ2v) is 13.2. The van der Waals surface area contributed by atoms with Crippen molar-refractivity contribution in [2.24, 2.45) is 0 Å². The Morgan fingerprint density at radius 1 is 1.39 bits per heavy atom. The number of β-amino-alcohol motifs (C(OH)–C–C–N with tert-alkyl or cyclic N) is 1. The van der Waals surface area contributed by atoms with Crippen LogP contribution in [0.5, 0.6) is 0 Å². The van der Waals surface area contributed by atoms with Crippen LogP contribution in [-0.4, -0.2) is 58.7 Å². The standard InChI is InChI=1S/C28H26BrClFN5O4S/c1-27(2,3)40-26(37)35-24-16(11-32)19-14(6-5-7-18(19)41-24)20-17(29)10-15-22(21(20)31)33-25(30)34-23(15)36-8-9-39-13-28(4,38)12-36/h5-7,10,38H,8-9,12-13H2,1-4H3,(H,35,37). The van der Waals surface area contributed by atoms with Crippen LogP contribution >= 0.6 is 38.9 Å². The number of aliphatic hydroxyl groups is 1. The highest BCUT2D eigenvalue weighted by Gasteiger charge is 2.31. The molecule has 0 spiro atoms. The molecule has 13 heteroatoms. The molecular weight excluding hydrogens is 637 g/mol. The minimum atomic E-state index is -1.15. The lowest BCUT2D eigenvalue weighted by Gasteiger charge is -2.29. The molecule has 1 aliphatic heterocycles. The van der Waals surface area contributed by atoms with Crippen molar-refractivity contribution in [3.63, 3.8) is 0 Å². The Labute approximate surface area is 253 Å². The fourth-order valence-electron chi connectivity index (χ4n) is 4.77. The minimum absolute atomic E-state index is 0.0131. The summed E-state index contributed by atoms with van der Waals surface area (Å²) in [5, 5.41) is 24.5. The first kappa shape index (κ1) is 29.4. The largest absolute Gasteiger partial charge is 0.444 e. The maximum absolute atomic E-state index is 16.5. The van der Waals surface area contributed by atoms with E-state index in [1.807, 2.05) is 0 Å². The van der Waals surface area contributed by atoms with Crippen molar-refractivity contribution < 1.29 is 23.8 Å². The van der Waals surface area contributed by atoms with E-state index in [4.69, 9.17) is 21.1 Å². The van der Waals surface area contributed by atoms with E-state index in [1.54, 1.807) is 56.9 Å². The molecule has 1 unspecified atom stereocenters. The summed E-state index contributed by atoms with van der Waals surface area (Å²) in [5.74, 6) is -0.297. The van der Waals surface area contributed by atoms with Gasteiger partial charge < -0.3 is 19.5 Å². The van der Waals surface area contributed by atoms with E-state index >= 15 is 4.39 Å². The molecule has 41 heavy (non-hydrogen) atoms. The van der Waals surface area contributed by atoms with Gasteiger partial charge in [0, 0.05) is 32.1 Å². The van der Waals surface area contributed by atoms with E-state index in [0.717, 1.165) is 0 Å². The van der Waals surface area contributed by atoms with E-state index in [1.165, 1.54) is 11.3 Å². The Hall–Kier alpha value is -3.08. The highest BCUT2D eigenvalue weighted by atomic mass is 79.9. The highest BCUT2D eigenvalue weighted by molar-refractivity contribution is 9.10. The molecule has 214 valence electrons. The number of nitriles is 1. The molecule has 1 amide bonds. The normalized spacial score (nSPS) is 17.9. The zero-order valence-corrected chi connectivity index (χ0v) is 25.8. The monoisotopic (exact) mass is 661 g/mol. The van der Waals surface area contributed by atoms with Crippen LogP contribution in [0.4, 0.5) is 20.0 Å². The Kier molecular flexibility index (Phi) is 7.86. The number of carbonyl (C=O) groups excluding carboxylic acids is 1. The van der Waals surface area contributed by atoms with Gasteiger partial charge in [-0.2, -0.15) is 10.2 Å². The zero-order chi connectivity index (χ0) is 29.7. The van der Waals surface area contributed by atoms with Gasteiger partial charge in [-0.1, -0.05) is 28.1 Å². The number of carbonyl (C=O) groups is 1. The van der Waals surface area contributed by atoms with Crippen molar-refractivity contribution in [2.45, 2.75) is 38.9 Å². The van der Waals surface area contributed by atoms with Crippen LogP contribution in [0.1, 0.15) is 33.3 Å². The van der Waals surface area contributed by atoms with Gasteiger partial charge in [0.1, 0.15) is 33.6 Å². The zero-order valence-electron chi connectivity index (χ0n) is 22.6. The minimum Gasteiger partial charge on any atom is -0.444 e. The van der Waals surface area contributed by atoms with Crippen molar-refractivity contribution in [2.75, 3.05) is 36.5 Å². The maximum Gasteiger partial charge on any atom is 0.412 e. The smallest absolute Gasteiger partial charge is 0.412 e. The Balaban J connectivity index is 1.68. The number of hydrogen-bond acceptors (Lipinski definition) is 9. The molecule has 9 nitrogen and oxygen atoms in total. The average molecular weight is 663 g/mol. The number of rotatable bonds is 3. The number of halogens is 3. The molecule has 2 aromatic carbocycles. The predicted octanol–water partition coefficient (Wildman–Crippen LogP) is 6.87. The summed E-state index contributed by atoms with van der Waals surface area (Å²) >= 11 is 11.0. The molecule has 2 N–H and O–H groups in total. The number of fused-ring (bicyclic) bond motifs is 2. The van der Waals surface area contributed by atoms with Crippen molar-refractivity contribution in [3.8, 4) is 17.2 Å². The Morgan fingerprint density at radius 2 is 2.15 bits per heavy atom. The van der Waals surface area contributed by atoms with Gasteiger partial charge in [-0.3, -0.25) is 5.32 Å². The van der Waals surface area contributed by atoms with Gasteiger partial charge in [-0.25, -0.2) is 14.2 Å². The van der Waals surface area contributed by atoms with Crippen LogP contribution in [0, 0.1) is 17.1 Å². The number of nitrogens with zero attached hydrogens (tertiary/aromatic N) is 4. The summed E-state index contributed by atoms with van der Waals surface area (Å²) in [6.07, 6.45) is -0.697. The number of ether oxygens (including phenoxy) is 2. The first-order chi connectivity index (χ1) is 19.3. The van der Waals surface area contributed by atoms with Gasteiger partial charge in [-0.05, 0) is 57.0 Å². The molecule has 1 saturated heterocycles. The van der Waals surface area contributed by atoms with Gasteiger partial charge in [0.05, 0.1) is 25.3 Å². The van der Waals surface area contributed by atoms with E-state index in [-0.39, 0.29) is 35.1 Å². The van der Waals surface area contributed by atoms with Crippen LogP contribution in [-0.2, 0) is 9.47 Å². The molecule has 1 fully saturated rings. The lowest BCUT2D eigenvalue weighted by atomic mass is 9.97. The summed E-state index contributed by atoms with van der Waals surface area (Å²) in [7, 11) is 0. The van der Waals surface area contributed by atoms with E-state index in [2.05, 4.69) is 37.3 Å². The highest BCUT2D eigenvalue weighted by Crippen LogP contribution is 2.45. The van der Waals surface area contributed by atoms with Crippen LogP contribution in [0.15, 0.2) is 28.7 Å². The van der Waals surface area contributed by atoms with Gasteiger partial charge >= 0.3 is 6.09 Å². The fraction of sp³-hybridized carbons (Fsp3) is 0.357. The lowest BCUT2D eigenvalue weighted by Crippen LogP contribution is -2.42. The van der Waals surface area contributed by atoms with E-state index in [9.17, 15) is 15.2 Å². The number of anilines is 2. The molecule has 3 heterocycles. The topological polar surface area (TPSA) is 121 Å². The van der Waals surface area contributed by atoms with Gasteiger partial charge in [0.15, 0.2) is 5.82 Å². The SMILES string of the molecule is CC1(O)COCCN(c2nc(Cl)nc3c(F)c(-c4cccc5sc(NC(=O)OC(C)(C)C)c(C#N)c45)c(Br)cc23)C1. The molecule has 4 aromatic rings. The van der Waals surface area contributed by atoms with Crippen molar-refractivity contribution in [1.82, 2.24) is 9.97 Å². The van der Waals surface area contributed by atoms with Crippen LogP contribution < -0.4 is 10.2 Å². The number of hydrogen-bond donors (Lipinski definition) is 2. The summed E-state index contributed by atoms with van der Waals surface area (Å²) in [6.45, 7) is 7.99. The van der Waals surface area contributed by atoms with Crippen molar-refractivity contribution in [1.29, 1.82) is 5.26 Å². The molecule has 0 radical (unpaired) electrons. The maximum atomic E-state index is 16.5. The lowest BCUT2D eigenvalue weighted by molar-refractivity contribution is -0.0123. The van der Waals surface area contributed by atoms with Crippen LogP contribution in [0.2, 0.25) is 5.28 Å². The van der Waals surface area contributed by atoms with Gasteiger partial charge in [0.25, 0.3) is 0 Å². The van der Waals surface area contributed by atoms with E-state index < -0.39 is 23.1 Å². The number of benzene rings is 2. The third kappa shape index (κ3) is 5.96. The number of nitrogens with one attached hydrogen (secondary N) is 1. The van der Waals surface area contributed by atoms with Crippen LogP contribution in [0.25, 0.3) is 32.1 Å². The summed E-state index contributed by atoms with van der Waals surface area (Å²) < 4.78 is 28.5. The van der Waals surface area contributed by atoms with Gasteiger partial charge in [-0.15, -0.1) is 11.3 Å². The number of amides is 1. The number of aromatic nitrogens is 2. The molecule has 0 bridgehead atoms. The summed E-state index contributed by atoms with van der Waals surface area (Å²) in [6, 6.07) is 9.11. The average Bonchev–Trinajstić information content (AvgIpc) is 3.11. The first-order valence-corrected chi connectivity index (χ1v) is 14.6. The molecular formula is C28H26BrClFN5O4S. The Morgan fingerprint density at radius 3 is 2.85 bits per heavy atom. The molecule has 0 saturated carbocycles. The second-order valence-electron chi connectivity index (χ2n) is 11.0. The Bertz CT molecular complexity index is 1730. The van der Waals surface area contributed by atoms with Crippen LogP contribution in [0.3, 0.4) is 0 Å². The molecule has 1 atom stereocenters. The molecule has 0 aliphatic carbocycles. The van der Waals surface area contributed by atoms with Crippen molar-refractivity contribution in [3.05, 3.63) is 45.4 Å². The summed E-state index contributed by atoms with van der Waals surface area (Å²) in [4.78, 5) is 22.9. The van der Waals surface area contributed by atoms with Gasteiger partial charge in [0.2, 0.25) is 5.28 Å². The molecule has 5 rings (SSSR count). The molecule has 1 aliphatic rings. The van der Waals surface area contributed by atoms with E-state index in [0.29, 0.717) is 49.5 Å².